The number of ether oxygens (including phenoxy) is 2. The third-order valence-electron chi connectivity index (χ3n) is 5.76. The van der Waals surface area contributed by atoms with Crippen LogP contribution in [0, 0.1) is 0 Å². The molecule has 0 amide bonds. The van der Waals surface area contributed by atoms with E-state index in [1.807, 2.05) is 6.07 Å². The summed E-state index contributed by atoms with van der Waals surface area (Å²) in [7, 11) is 0. The number of fused-ring (bicyclic) bond motifs is 1. The summed E-state index contributed by atoms with van der Waals surface area (Å²) in [5, 5.41) is 4.16. The molecule has 1 fully saturated rings. The molecule has 5 rings (SSSR count). The minimum Gasteiger partial charge on any atom is -0.454 e. The fourth-order valence-corrected chi connectivity index (χ4v) is 3.92. The van der Waals surface area contributed by atoms with Crippen molar-refractivity contribution in [3.63, 3.8) is 0 Å². The van der Waals surface area contributed by atoms with Crippen molar-refractivity contribution in [3.05, 3.63) is 59.5 Å². The Kier molecular flexibility index (Phi) is 5.38. The van der Waals surface area contributed by atoms with E-state index in [-0.39, 0.29) is 0 Å². The van der Waals surface area contributed by atoms with E-state index < -0.39 is 0 Å². The molecule has 3 heterocycles. The summed E-state index contributed by atoms with van der Waals surface area (Å²) in [5.74, 6) is 3.02. The minimum absolute atomic E-state index is 0.318. The first-order valence-corrected chi connectivity index (χ1v) is 10.5. The van der Waals surface area contributed by atoms with Gasteiger partial charge in [0.2, 0.25) is 18.5 Å². The Morgan fingerprint density at radius 1 is 0.833 bits per heavy atom. The van der Waals surface area contributed by atoms with Gasteiger partial charge < -0.3 is 14.0 Å². The number of aromatic nitrogens is 2. The molecule has 0 aliphatic carbocycles. The van der Waals surface area contributed by atoms with Crippen molar-refractivity contribution >= 4 is 0 Å². The molecule has 0 saturated carbocycles. The second-order valence-corrected chi connectivity index (χ2v) is 7.80. The van der Waals surface area contributed by atoms with Crippen molar-refractivity contribution in [1.29, 1.82) is 0 Å². The van der Waals surface area contributed by atoms with Crippen LogP contribution in [0.25, 0.3) is 11.4 Å². The van der Waals surface area contributed by atoms with Gasteiger partial charge in [-0.1, -0.05) is 42.4 Å². The molecular formula is C23H26N4O3. The van der Waals surface area contributed by atoms with E-state index >= 15 is 0 Å². The molecule has 7 heteroatoms. The lowest BCUT2D eigenvalue weighted by atomic mass is 10.1. The molecule has 156 valence electrons. The van der Waals surface area contributed by atoms with Crippen molar-refractivity contribution < 1.29 is 14.0 Å². The van der Waals surface area contributed by atoms with Crippen LogP contribution in [-0.4, -0.2) is 52.9 Å². The lowest BCUT2D eigenvalue weighted by molar-refractivity contribution is 0.112. The van der Waals surface area contributed by atoms with Gasteiger partial charge in [0.25, 0.3) is 0 Å². The van der Waals surface area contributed by atoms with Crippen molar-refractivity contribution in [2.75, 3.05) is 33.0 Å². The highest BCUT2D eigenvalue weighted by atomic mass is 16.7. The highest BCUT2D eigenvalue weighted by Crippen LogP contribution is 2.32. The van der Waals surface area contributed by atoms with Crippen LogP contribution in [0.5, 0.6) is 11.5 Å². The van der Waals surface area contributed by atoms with Crippen molar-refractivity contribution in [2.45, 2.75) is 26.4 Å². The topological polar surface area (TPSA) is 63.9 Å². The van der Waals surface area contributed by atoms with Crippen LogP contribution in [0.1, 0.15) is 23.9 Å². The minimum atomic E-state index is 0.318. The molecule has 2 aliphatic rings. The largest absolute Gasteiger partial charge is 0.454 e. The molecule has 0 unspecified atom stereocenters. The highest BCUT2D eigenvalue weighted by molar-refractivity contribution is 5.54. The second kappa shape index (κ2) is 8.45. The van der Waals surface area contributed by atoms with Gasteiger partial charge in [0.1, 0.15) is 0 Å². The number of hydrogen-bond donors (Lipinski definition) is 0. The average molecular weight is 406 g/mol. The monoisotopic (exact) mass is 406 g/mol. The number of benzene rings is 2. The standard InChI is InChI=1S/C23H26N4O3/c1-2-17-3-6-19(7-4-17)23-24-22(30-25-23)15-27-11-9-26(10-12-27)14-18-5-8-20-21(13-18)29-16-28-20/h3-8,13H,2,9-12,14-16H2,1H3. The van der Waals surface area contributed by atoms with E-state index in [1.165, 1.54) is 11.1 Å². The first-order chi connectivity index (χ1) is 14.8. The highest BCUT2D eigenvalue weighted by Gasteiger charge is 2.21. The quantitative estimate of drug-likeness (QED) is 0.622. The Labute approximate surface area is 176 Å². The molecule has 2 aromatic carbocycles. The average Bonchev–Trinajstić information content (AvgIpc) is 3.44. The van der Waals surface area contributed by atoms with Gasteiger partial charge >= 0.3 is 0 Å². The zero-order valence-corrected chi connectivity index (χ0v) is 17.2. The van der Waals surface area contributed by atoms with Crippen LogP contribution in [0.4, 0.5) is 0 Å². The Morgan fingerprint density at radius 2 is 1.53 bits per heavy atom. The number of nitrogens with zero attached hydrogens (tertiary/aromatic N) is 4. The third-order valence-corrected chi connectivity index (χ3v) is 5.76. The summed E-state index contributed by atoms with van der Waals surface area (Å²) in [6.07, 6.45) is 1.03. The van der Waals surface area contributed by atoms with Crippen molar-refractivity contribution in [2.24, 2.45) is 0 Å². The zero-order chi connectivity index (χ0) is 20.3. The summed E-state index contributed by atoms with van der Waals surface area (Å²) < 4.78 is 16.4. The van der Waals surface area contributed by atoms with Crippen LogP contribution >= 0.6 is 0 Å². The van der Waals surface area contributed by atoms with E-state index in [9.17, 15) is 0 Å². The molecule has 2 aliphatic heterocycles. The maximum Gasteiger partial charge on any atom is 0.241 e. The lowest BCUT2D eigenvalue weighted by Gasteiger charge is -2.33. The molecule has 0 atom stereocenters. The van der Waals surface area contributed by atoms with Gasteiger partial charge in [0.15, 0.2) is 11.5 Å². The maximum absolute atomic E-state index is 5.50. The fourth-order valence-electron chi connectivity index (χ4n) is 3.92. The van der Waals surface area contributed by atoms with Gasteiger partial charge in [-0.05, 0) is 29.7 Å². The normalized spacial score (nSPS) is 16.8. The van der Waals surface area contributed by atoms with Gasteiger partial charge in [0.05, 0.1) is 6.54 Å². The molecular weight excluding hydrogens is 380 g/mol. The van der Waals surface area contributed by atoms with Crippen LogP contribution < -0.4 is 9.47 Å². The third kappa shape index (κ3) is 4.17. The fraction of sp³-hybridized carbons (Fsp3) is 0.391. The summed E-state index contributed by atoms with van der Waals surface area (Å²) in [6.45, 7) is 8.05. The molecule has 3 aromatic rings. The van der Waals surface area contributed by atoms with Gasteiger partial charge in [-0.15, -0.1) is 0 Å². The predicted molar refractivity (Wildman–Crippen MR) is 112 cm³/mol. The Morgan fingerprint density at radius 3 is 2.30 bits per heavy atom. The molecule has 7 nitrogen and oxygen atoms in total. The molecule has 0 N–H and O–H groups in total. The number of piperazine rings is 1. The van der Waals surface area contributed by atoms with Crippen LogP contribution in [0.3, 0.4) is 0 Å². The Balaban J connectivity index is 1.13. The molecule has 0 radical (unpaired) electrons. The first kappa shape index (κ1) is 19.1. The summed E-state index contributed by atoms with van der Waals surface area (Å²) in [6, 6.07) is 14.5. The van der Waals surface area contributed by atoms with Crippen molar-refractivity contribution in [1.82, 2.24) is 19.9 Å². The lowest BCUT2D eigenvalue weighted by Crippen LogP contribution is -2.45. The second-order valence-electron chi connectivity index (χ2n) is 7.80. The smallest absolute Gasteiger partial charge is 0.241 e. The molecule has 1 aromatic heterocycles. The van der Waals surface area contributed by atoms with E-state index in [0.717, 1.165) is 56.2 Å². The van der Waals surface area contributed by atoms with Crippen LogP contribution in [0.15, 0.2) is 47.0 Å². The van der Waals surface area contributed by atoms with Crippen LogP contribution in [0.2, 0.25) is 0 Å². The SMILES string of the molecule is CCc1ccc(-c2noc(CN3CCN(Cc4ccc5c(c4)OCO5)CC3)n2)cc1. The zero-order valence-electron chi connectivity index (χ0n) is 17.2. The van der Waals surface area contributed by atoms with Gasteiger partial charge in [0, 0.05) is 38.3 Å². The number of hydrogen-bond acceptors (Lipinski definition) is 7. The van der Waals surface area contributed by atoms with Gasteiger partial charge in [-0.3, -0.25) is 9.80 Å². The summed E-state index contributed by atoms with van der Waals surface area (Å²) in [4.78, 5) is 9.42. The first-order valence-electron chi connectivity index (χ1n) is 10.5. The summed E-state index contributed by atoms with van der Waals surface area (Å²) >= 11 is 0. The van der Waals surface area contributed by atoms with Gasteiger partial charge in [-0.2, -0.15) is 4.98 Å². The Bertz CT molecular complexity index is 994. The molecule has 1 saturated heterocycles. The molecule has 30 heavy (non-hydrogen) atoms. The van der Waals surface area contributed by atoms with E-state index in [1.54, 1.807) is 0 Å². The van der Waals surface area contributed by atoms with Gasteiger partial charge in [-0.25, -0.2) is 0 Å². The Hall–Kier alpha value is -2.90. The number of rotatable bonds is 6. The van der Waals surface area contributed by atoms with Crippen LogP contribution in [-0.2, 0) is 19.5 Å². The van der Waals surface area contributed by atoms with Crippen molar-refractivity contribution in [3.8, 4) is 22.9 Å². The van der Waals surface area contributed by atoms with E-state index in [0.29, 0.717) is 25.1 Å². The summed E-state index contributed by atoms with van der Waals surface area (Å²) in [5.41, 5.74) is 3.56. The van der Waals surface area contributed by atoms with E-state index in [2.05, 4.69) is 63.3 Å². The van der Waals surface area contributed by atoms with E-state index in [4.69, 9.17) is 14.0 Å². The predicted octanol–water partition coefficient (Wildman–Crippen LogP) is 3.35. The number of aryl methyl sites for hydroxylation is 1. The molecule has 0 spiro atoms. The molecule has 0 bridgehead atoms. The maximum atomic E-state index is 5.50.